The van der Waals surface area contributed by atoms with Gasteiger partial charge in [0.2, 0.25) is 11.6 Å². The van der Waals surface area contributed by atoms with Crippen molar-refractivity contribution in [1.29, 1.82) is 0 Å². The molecule has 2 aromatic rings. The Morgan fingerprint density at radius 1 is 1.24 bits per heavy atom. The lowest BCUT2D eigenvalue weighted by Gasteiger charge is -2.12. The highest BCUT2D eigenvalue weighted by Gasteiger charge is 2.33. The number of carbonyl (C=O) groups excluding carboxylic acids is 3. The summed E-state index contributed by atoms with van der Waals surface area (Å²) in [4.78, 5) is 37.7. The number of H-pyrrole nitrogens is 1. The Kier molecular flexibility index (Phi) is 5.11. The average Bonchev–Trinajstić information content (AvgIpc) is 3.06. The first kappa shape index (κ1) is 17.1. The maximum atomic E-state index is 12.7. The third-order valence-corrected chi connectivity index (χ3v) is 4.60. The number of thioether (sulfide) groups is 1. The first-order valence-corrected chi connectivity index (χ1v) is 8.63. The summed E-state index contributed by atoms with van der Waals surface area (Å²) < 4.78 is 0. The monoisotopic (exact) mass is 356 g/mol. The van der Waals surface area contributed by atoms with Crippen LogP contribution in [-0.2, 0) is 0 Å². The summed E-state index contributed by atoms with van der Waals surface area (Å²) in [5.74, 6) is -0.609. The molecule has 0 aliphatic heterocycles. The van der Waals surface area contributed by atoms with Crippen molar-refractivity contribution >= 4 is 34.9 Å². The molecule has 1 aromatic carbocycles. The number of Topliss-reactive ketones (excluding diaryl/α,β-unsaturated/α-hetero) is 1. The topological polar surface area (TPSA) is 104 Å². The van der Waals surface area contributed by atoms with Gasteiger partial charge in [-0.15, -0.1) is 11.8 Å². The van der Waals surface area contributed by atoms with Gasteiger partial charge in [0, 0.05) is 24.1 Å². The van der Waals surface area contributed by atoms with Gasteiger partial charge in [-0.2, -0.15) is 5.10 Å². The van der Waals surface area contributed by atoms with Crippen LogP contribution in [0.5, 0.6) is 0 Å². The molecule has 0 spiro atoms. The molecule has 3 N–H and O–H groups in total. The highest BCUT2D eigenvalue weighted by molar-refractivity contribution is 8.04. The van der Waals surface area contributed by atoms with Crippen molar-refractivity contribution in [1.82, 2.24) is 15.5 Å². The summed E-state index contributed by atoms with van der Waals surface area (Å²) >= 11 is 1.28. The summed E-state index contributed by atoms with van der Waals surface area (Å²) in [7, 11) is 1.81. The summed E-state index contributed by atoms with van der Waals surface area (Å²) in [5.41, 5.74) is 0.601. The second-order valence-electron chi connectivity index (χ2n) is 5.30. The molecular formula is C17H16N4O3S. The summed E-state index contributed by atoms with van der Waals surface area (Å²) in [6.45, 7) is 0.697. The number of fused-ring (bicyclic) bond motifs is 1. The van der Waals surface area contributed by atoms with Crippen molar-refractivity contribution in [2.45, 2.75) is 0 Å². The minimum absolute atomic E-state index is 0.0351. The Bertz CT molecular complexity index is 858. The highest BCUT2D eigenvalue weighted by atomic mass is 32.2. The fourth-order valence-electron chi connectivity index (χ4n) is 2.37. The van der Waals surface area contributed by atoms with Crippen molar-refractivity contribution in [3.05, 3.63) is 58.3 Å². The highest BCUT2D eigenvalue weighted by Crippen LogP contribution is 2.29. The van der Waals surface area contributed by atoms with Crippen LogP contribution in [0.2, 0.25) is 0 Å². The van der Waals surface area contributed by atoms with E-state index in [4.69, 9.17) is 0 Å². The summed E-state index contributed by atoms with van der Waals surface area (Å²) in [6, 6.07) is 8.84. The number of nitrogens with one attached hydrogen (secondary N) is 3. The lowest BCUT2D eigenvalue weighted by Crippen LogP contribution is -2.21. The standard InChI is InChI=1S/C17H16N4O3S/c1-18-7-8-25-12-9-11(22)14-13(16(12)23)15(21-20-14)17(24)19-10-5-3-2-4-6-10/h2-6,9,18H,7-8H2,1H3,(H,19,24)(H,20,21). The second-order valence-corrected chi connectivity index (χ2v) is 6.43. The third-order valence-electron chi connectivity index (χ3n) is 3.58. The number of benzene rings is 1. The van der Waals surface area contributed by atoms with Crippen LogP contribution in [0, 0.1) is 0 Å². The van der Waals surface area contributed by atoms with E-state index in [1.54, 1.807) is 24.3 Å². The number of anilines is 1. The smallest absolute Gasteiger partial charge is 0.276 e. The van der Waals surface area contributed by atoms with Gasteiger partial charge < -0.3 is 10.6 Å². The Labute approximate surface area is 148 Å². The van der Waals surface area contributed by atoms with E-state index < -0.39 is 5.91 Å². The zero-order chi connectivity index (χ0) is 17.8. The lowest BCUT2D eigenvalue weighted by molar-refractivity contribution is 0.0979. The van der Waals surface area contributed by atoms with Crippen LogP contribution in [0.3, 0.4) is 0 Å². The number of hydrogen-bond donors (Lipinski definition) is 3. The molecule has 0 atom stereocenters. The molecule has 1 heterocycles. The number of carbonyl (C=O) groups is 3. The largest absolute Gasteiger partial charge is 0.321 e. The molecule has 0 bridgehead atoms. The lowest BCUT2D eigenvalue weighted by atomic mass is 9.99. The quantitative estimate of drug-likeness (QED) is 0.683. The Morgan fingerprint density at radius 2 is 2.00 bits per heavy atom. The van der Waals surface area contributed by atoms with E-state index in [9.17, 15) is 14.4 Å². The predicted molar refractivity (Wildman–Crippen MR) is 96.1 cm³/mol. The van der Waals surface area contributed by atoms with Gasteiger partial charge in [0.1, 0.15) is 5.69 Å². The van der Waals surface area contributed by atoms with Gasteiger partial charge in [-0.3, -0.25) is 19.5 Å². The van der Waals surface area contributed by atoms with Crippen molar-refractivity contribution in [3.8, 4) is 0 Å². The van der Waals surface area contributed by atoms with Crippen LogP contribution in [-0.4, -0.2) is 47.0 Å². The number of rotatable bonds is 6. The Morgan fingerprint density at radius 3 is 2.72 bits per heavy atom. The number of amides is 1. The first-order chi connectivity index (χ1) is 12.1. The first-order valence-electron chi connectivity index (χ1n) is 7.64. The minimum Gasteiger partial charge on any atom is -0.321 e. The van der Waals surface area contributed by atoms with Crippen LogP contribution in [0.25, 0.3) is 0 Å². The van der Waals surface area contributed by atoms with Gasteiger partial charge in [-0.25, -0.2) is 0 Å². The van der Waals surface area contributed by atoms with E-state index >= 15 is 0 Å². The van der Waals surface area contributed by atoms with Crippen molar-refractivity contribution in [2.75, 3.05) is 24.7 Å². The SMILES string of the molecule is CNCCSC1=CC(=O)c2[nH]nc(C(=O)Nc3ccccc3)c2C1=O. The number of ketones is 2. The summed E-state index contributed by atoms with van der Waals surface area (Å²) in [6.07, 6.45) is 1.29. The van der Waals surface area contributed by atoms with E-state index in [1.165, 1.54) is 17.8 Å². The number of aromatic amines is 1. The molecule has 0 saturated heterocycles. The molecule has 1 aliphatic carbocycles. The van der Waals surface area contributed by atoms with E-state index in [1.807, 2.05) is 13.1 Å². The molecule has 25 heavy (non-hydrogen) atoms. The Hall–Kier alpha value is -2.71. The van der Waals surface area contributed by atoms with Gasteiger partial charge in [0.15, 0.2) is 5.69 Å². The number of hydrogen-bond acceptors (Lipinski definition) is 6. The molecule has 0 fully saturated rings. The van der Waals surface area contributed by atoms with E-state index in [0.29, 0.717) is 22.9 Å². The molecule has 1 amide bonds. The molecule has 0 saturated carbocycles. The minimum atomic E-state index is -0.536. The molecule has 3 rings (SSSR count). The zero-order valence-corrected chi connectivity index (χ0v) is 14.3. The number of para-hydroxylation sites is 1. The molecule has 8 heteroatoms. The van der Waals surface area contributed by atoms with Crippen molar-refractivity contribution in [2.24, 2.45) is 0 Å². The second kappa shape index (κ2) is 7.45. The molecule has 1 aliphatic rings. The average molecular weight is 356 g/mol. The van der Waals surface area contributed by atoms with Gasteiger partial charge in [-0.05, 0) is 19.2 Å². The summed E-state index contributed by atoms with van der Waals surface area (Å²) in [5, 5.41) is 12.1. The number of aromatic nitrogens is 2. The predicted octanol–water partition coefficient (Wildman–Crippen LogP) is 1.88. The normalized spacial score (nSPS) is 13.4. The van der Waals surface area contributed by atoms with Crippen molar-refractivity contribution in [3.63, 3.8) is 0 Å². The fourth-order valence-corrected chi connectivity index (χ4v) is 3.32. The molecule has 128 valence electrons. The molecule has 0 unspecified atom stereocenters. The number of allylic oxidation sites excluding steroid dienone is 2. The molecule has 7 nitrogen and oxygen atoms in total. The van der Waals surface area contributed by atoms with Crippen LogP contribution < -0.4 is 10.6 Å². The molecule has 1 aromatic heterocycles. The molecule has 0 radical (unpaired) electrons. The maximum Gasteiger partial charge on any atom is 0.276 e. The maximum absolute atomic E-state index is 12.7. The van der Waals surface area contributed by atoms with Crippen LogP contribution >= 0.6 is 11.8 Å². The number of nitrogens with zero attached hydrogens (tertiary/aromatic N) is 1. The van der Waals surface area contributed by atoms with Crippen LogP contribution in [0.1, 0.15) is 31.3 Å². The van der Waals surface area contributed by atoms with E-state index in [0.717, 1.165) is 0 Å². The van der Waals surface area contributed by atoms with Crippen LogP contribution in [0.4, 0.5) is 5.69 Å². The van der Waals surface area contributed by atoms with Crippen LogP contribution in [0.15, 0.2) is 41.3 Å². The fraction of sp³-hybridized carbons (Fsp3) is 0.176. The molecular weight excluding hydrogens is 340 g/mol. The van der Waals surface area contributed by atoms with E-state index in [-0.39, 0.29) is 28.5 Å². The van der Waals surface area contributed by atoms with Gasteiger partial charge >= 0.3 is 0 Å². The van der Waals surface area contributed by atoms with Gasteiger partial charge in [0.05, 0.1) is 10.5 Å². The van der Waals surface area contributed by atoms with Gasteiger partial charge in [-0.1, -0.05) is 18.2 Å². The Balaban J connectivity index is 1.86. The third kappa shape index (κ3) is 3.54. The van der Waals surface area contributed by atoms with Gasteiger partial charge in [0.25, 0.3) is 5.91 Å². The zero-order valence-electron chi connectivity index (χ0n) is 13.5. The van der Waals surface area contributed by atoms with E-state index in [2.05, 4.69) is 20.8 Å². The van der Waals surface area contributed by atoms with Crippen molar-refractivity contribution < 1.29 is 14.4 Å².